The predicted octanol–water partition coefficient (Wildman–Crippen LogP) is 3.75. The lowest BCUT2D eigenvalue weighted by Crippen LogP contribution is -2.14. The Labute approximate surface area is 130 Å². The van der Waals surface area contributed by atoms with E-state index in [0.29, 0.717) is 19.6 Å². The van der Waals surface area contributed by atoms with Crippen molar-refractivity contribution in [1.29, 1.82) is 0 Å². The summed E-state index contributed by atoms with van der Waals surface area (Å²) >= 11 is 3.54. The molecular weight excluding hydrogens is 318 g/mol. The number of rotatable bonds is 9. The average molecular weight is 340 g/mol. The van der Waals surface area contributed by atoms with E-state index in [1.54, 1.807) is 0 Å². The van der Waals surface area contributed by atoms with Crippen molar-refractivity contribution in [3.63, 3.8) is 0 Å². The van der Waals surface area contributed by atoms with E-state index in [1.165, 1.54) is 0 Å². The standard InChI is InChI=1S/C16H22BrNO2/c1-4-7-9-20-16-14(17)10-13(12-18-8-5-2)11-15(16)19-6-3/h1,10-11,18H,5-9,12H2,2-3H3. The van der Waals surface area contributed by atoms with Gasteiger partial charge in [0, 0.05) is 13.0 Å². The summed E-state index contributed by atoms with van der Waals surface area (Å²) in [5.41, 5.74) is 1.16. The van der Waals surface area contributed by atoms with Crippen molar-refractivity contribution >= 4 is 15.9 Å². The fourth-order valence-corrected chi connectivity index (χ4v) is 2.35. The molecule has 0 aliphatic heterocycles. The molecule has 0 heterocycles. The smallest absolute Gasteiger partial charge is 0.175 e. The largest absolute Gasteiger partial charge is 0.490 e. The summed E-state index contributed by atoms with van der Waals surface area (Å²) in [6.07, 6.45) is 6.94. The van der Waals surface area contributed by atoms with E-state index in [1.807, 2.05) is 13.0 Å². The zero-order valence-electron chi connectivity index (χ0n) is 12.2. The number of nitrogens with one attached hydrogen (secondary N) is 1. The summed E-state index contributed by atoms with van der Waals surface area (Å²) in [6, 6.07) is 4.07. The molecule has 4 heteroatoms. The maximum Gasteiger partial charge on any atom is 0.175 e. The Hall–Kier alpha value is -1.18. The third-order valence-corrected chi connectivity index (χ3v) is 3.21. The fraction of sp³-hybridized carbons (Fsp3) is 0.500. The molecule has 0 aliphatic rings. The minimum Gasteiger partial charge on any atom is -0.490 e. The number of ether oxygens (including phenoxy) is 2. The first-order valence-electron chi connectivity index (χ1n) is 6.95. The number of benzene rings is 1. The molecule has 0 radical (unpaired) electrons. The maximum atomic E-state index is 5.71. The van der Waals surface area contributed by atoms with E-state index < -0.39 is 0 Å². The van der Waals surface area contributed by atoms with Crippen molar-refractivity contribution in [2.75, 3.05) is 19.8 Å². The molecule has 0 spiro atoms. The molecule has 0 aliphatic carbocycles. The topological polar surface area (TPSA) is 30.5 Å². The van der Waals surface area contributed by atoms with Crippen LogP contribution >= 0.6 is 15.9 Å². The van der Waals surface area contributed by atoms with Gasteiger partial charge in [-0.25, -0.2) is 0 Å². The molecule has 0 saturated heterocycles. The maximum absolute atomic E-state index is 5.71. The van der Waals surface area contributed by atoms with Crippen molar-refractivity contribution in [3.05, 3.63) is 22.2 Å². The van der Waals surface area contributed by atoms with Gasteiger partial charge in [0.05, 0.1) is 17.7 Å². The molecule has 0 atom stereocenters. The zero-order valence-corrected chi connectivity index (χ0v) is 13.8. The summed E-state index contributed by atoms with van der Waals surface area (Å²) in [7, 11) is 0. The molecule has 1 aromatic carbocycles. The van der Waals surface area contributed by atoms with Crippen LogP contribution in [0.1, 0.15) is 32.3 Å². The molecule has 0 bridgehead atoms. The molecule has 0 amide bonds. The van der Waals surface area contributed by atoms with E-state index in [2.05, 4.69) is 40.2 Å². The summed E-state index contributed by atoms with van der Waals surface area (Å²) in [4.78, 5) is 0. The lowest BCUT2D eigenvalue weighted by atomic mass is 10.2. The van der Waals surface area contributed by atoms with E-state index in [0.717, 1.165) is 41.0 Å². The third-order valence-electron chi connectivity index (χ3n) is 2.62. The number of terminal acetylenes is 1. The van der Waals surface area contributed by atoms with Gasteiger partial charge in [-0.3, -0.25) is 0 Å². The van der Waals surface area contributed by atoms with Crippen LogP contribution in [0.5, 0.6) is 11.5 Å². The van der Waals surface area contributed by atoms with Gasteiger partial charge in [0.1, 0.15) is 0 Å². The first kappa shape index (κ1) is 16.9. The van der Waals surface area contributed by atoms with E-state index >= 15 is 0 Å². The van der Waals surface area contributed by atoms with Crippen LogP contribution in [0.4, 0.5) is 0 Å². The van der Waals surface area contributed by atoms with Gasteiger partial charge in [0.15, 0.2) is 11.5 Å². The van der Waals surface area contributed by atoms with E-state index in [-0.39, 0.29) is 0 Å². The fourth-order valence-electron chi connectivity index (χ4n) is 1.75. The van der Waals surface area contributed by atoms with Crippen molar-refractivity contribution in [2.45, 2.75) is 33.2 Å². The van der Waals surface area contributed by atoms with Crippen LogP contribution in [0.2, 0.25) is 0 Å². The molecule has 1 N–H and O–H groups in total. The summed E-state index contributed by atoms with van der Waals surface area (Å²) < 4.78 is 12.3. The van der Waals surface area contributed by atoms with Crippen LogP contribution in [-0.4, -0.2) is 19.8 Å². The quantitative estimate of drug-likeness (QED) is 0.549. The van der Waals surface area contributed by atoms with Gasteiger partial charge < -0.3 is 14.8 Å². The van der Waals surface area contributed by atoms with Crippen LogP contribution in [0.25, 0.3) is 0 Å². The van der Waals surface area contributed by atoms with Crippen LogP contribution in [0, 0.1) is 12.3 Å². The molecule has 3 nitrogen and oxygen atoms in total. The van der Waals surface area contributed by atoms with E-state index in [9.17, 15) is 0 Å². The second-order valence-corrected chi connectivity index (χ2v) is 5.17. The lowest BCUT2D eigenvalue weighted by molar-refractivity contribution is 0.280. The number of hydrogen-bond donors (Lipinski definition) is 1. The number of halogens is 1. The Morgan fingerprint density at radius 1 is 1.30 bits per heavy atom. The van der Waals surface area contributed by atoms with Crippen LogP contribution < -0.4 is 14.8 Å². The molecule has 0 saturated carbocycles. The van der Waals surface area contributed by atoms with Gasteiger partial charge >= 0.3 is 0 Å². The highest BCUT2D eigenvalue weighted by Crippen LogP contribution is 2.37. The Kier molecular flexibility index (Phi) is 8.17. The molecule has 1 rings (SSSR count). The highest BCUT2D eigenvalue weighted by Gasteiger charge is 2.12. The predicted molar refractivity (Wildman–Crippen MR) is 86.3 cm³/mol. The minimum absolute atomic E-state index is 0.489. The SMILES string of the molecule is C#CCCOc1c(Br)cc(CNCCC)cc1OCC. The first-order valence-corrected chi connectivity index (χ1v) is 7.74. The van der Waals surface area contributed by atoms with Crippen molar-refractivity contribution in [1.82, 2.24) is 5.32 Å². The first-order chi connectivity index (χ1) is 9.72. The van der Waals surface area contributed by atoms with Crippen LogP contribution in [0.3, 0.4) is 0 Å². The molecule has 110 valence electrons. The van der Waals surface area contributed by atoms with Gasteiger partial charge in [-0.1, -0.05) is 6.92 Å². The zero-order chi connectivity index (χ0) is 14.8. The highest BCUT2D eigenvalue weighted by atomic mass is 79.9. The van der Waals surface area contributed by atoms with Crippen LogP contribution in [-0.2, 0) is 6.54 Å². The second kappa shape index (κ2) is 9.68. The van der Waals surface area contributed by atoms with Gasteiger partial charge in [0.25, 0.3) is 0 Å². The van der Waals surface area contributed by atoms with Gasteiger partial charge in [0.2, 0.25) is 0 Å². The molecular formula is C16H22BrNO2. The Bertz CT molecular complexity index is 455. The van der Waals surface area contributed by atoms with Crippen LogP contribution in [0.15, 0.2) is 16.6 Å². The number of hydrogen-bond acceptors (Lipinski definition) is 3. The summed E-state index contributed by atoms with van der Waals surface area (Å²) in [5, 5.41) is 3.38. The Morgan fingerprint density at radius 2 is 2.10 bits per heavy atom. The molecule has 1 aromatic rings. The summed E-state index contributed by atoms with van der Waals surface area (Å²) in [6.45, 7) is 7.02. The van der Waals surface area contributed by atoms with Gasteiger partial charge in [-0.15, -0.1) is 12.3 Å². The van der Waals surface area contributed by atoms with Gasteiger partial charge in [-0.05, 0) is 53.5 Å². The minimum atomic E-state index is 0.489. The Balaban J connectivity index is 2.84. The second-order valence-electron chi connectivity index (χ2n) is 4.32. The molecule has 0 aromatic heterocycles. The average Bonchev–Trinajstić information content (AvgIpc) is 2.42. The summed E-state index contributed by atoms with van der Waals surface area (Å²) in [5.74, 6) is 4.04. The molecule has 0 unspecified atom stereocenters. The van der Waals surface area contributed by atoms with Gasteiger partial charge in [-0.2, -0.15) is 0 Å². The third kappa shape index (κ3) is 5.44. The molecule has 0 fully saturated rings. The lowest BCUT2D eigenvalue weighted by Gasteiger charge is -2.15. The normalized spacial score (nSPS) is 10.1. The molecule has 20 heavy (non-hydrogen) atoms. The van der Waals surface area contributed by atoms with E-state index in [4.69, 9.17) is 15.9 Å². The Morgan fingerprint density at radius 3 is 2.75 bits per heavy atom. The van der Waals surface area contributed by atoms with Crippen molar-refractivity contribution in [2.24, 2.45) is 0 Å². The van der Waals surface area contributed by atoms with Crippen molar-refractivity contribution in [3.8, 4) is 23.8 Å². The highest BCUT2D eigenvalue weighted by molar-refractivity contribution is 9.10. The monoisotopic (exact) mass is 339 g/mol. The van der Waals surface area contributed by atoms with Crippen molar-refractivity contribution < 1.29 is 9.47 Å².